The van der Waals surface area contributed by atoms with Crippen molar-refractivity contribution in [3.05, 3.63) is 54.0 Å². The lowest BCUT2D eigenvalue weighted by Crippen LogP contribution is -2.52. The zero-order valence-corrected chi connectivity index (χ0v) is 26.2. The average molecular weight is 678 g/mol. The molecule has 1 aromatic heterocycles. The number of aromatic nitrogens is 2. The molecule has 14 nitrogen and oxygen atoms in total. The molecule has 4 unspecified atom stereocenters. The monoisotopic (exact) mass is 677 g/mol. The normalized spacial score (nSPS) is 20.9. The number of H-pyrrole nitrogens is 1. The SMILES string of the molecule is CC(COC(=O)NCCOCCN1C(=O)C=CC1=O)NC(=O)N(CC1CNCC1F)C(c1ncc(-c2cc(F)ccc2F)[nH]1)C1(O)CC1. The van der Waals surface area contributed by atoms with Crippen LogP contribution in [0.1, 0.15) is 31.6 Å². The summed E-state index contributed by atoms with van der Waals surface area (Å²) < 4.78 is 53.7. The quantitative estimate of drug-likeness (QED) is 0.138. The van der Waals surface area contributed by atoms with Gasteiger partial charge in [-0.25, -0.2) is 27.7 Å². The minimum atomic E-state index is -1.40. The zero-order chi connectivity index (χ0) is 34.4. The lowest BCUT2D eigenvalue weighted by Gasteiger charge is -2.36. The first-order valence-electron chi connectivity index (χ1n) is 15.6. The highest BCUT2D eigenvalue weighted by Crippen LogP contribution is 2.49. The Balaban J connectivity index is 1.17. The number of nitrogens with one attached hydrogen (secondary N) is 4. The number of carbonyl (C=O) groups excluding carboxylic acids is 4. The molecule has 5 N–H and O–H groups in total. The number of imide groups is 1. The minimum absolute atomic E-state index is 0.0808. The summed E-state index contributed by atoms with van der Waals surface area (Å²) in [5.41, 5.74) is -1.35. The smallest absolute Gasteiger partial charge is 0.407 e. The summed E-state index contributed by atoms with van der Waals surface area (Å²) in [5.74, 6) is -2.66. The van der Waals surface area contributed by atoms with Gasteiger partial charge in [0, 0.05) is 49.8 Å². The number of rotatable bonds is 15. The second-order valence-electron chi connectivity index (χ2n) is 12.0. The molecule has 0 spiro atoms. The lowest BCUT2D eigenvalue weighted by atomic mass is 10.0. The van der Waals surface area contributed by atoms with Gasteiger partial charge in [0.05, 0.1) is 43.3 Å². The van der Waals surface area contributed by atoms with Crippen molar-refractivity contribution < 1.29 is 46.9 Å². The van der Waals surface area contributed by atoms with Gasteiger partial charge in [0.1, 0.15) is 36.3 Å². The van der Waals surface area contributed by atoms with Gasteiger partial charge in [-0.3, -0.25) is 14.5 Å². The maximum atomic E-state index is 14.8. The van der Waals surface area contributed by atoms with E-state index in [1.165, 1.54) is 23.2 Å². The summed E-state index contributed by atoms with van der Waals surface area (Å²) in [4.78, 5) is 58.6. The van der Waals surface area contributed by atoms with E-state index in [2.05, 4.69) is 25.9 Å². The molecule has 5 rings (SSSR count). The number of aromatic amines is 1. The number of hydrogen-bond acceptors (Lipinski definition) is 9. The van der Waals surface area contributed by atoms with E-state index in [0.717, 1.165) is 23.1 Å². The van der Waals surface area contributed by atoms with Crippen LogP contribution in [-0.4, -0.2) is 119 Å². The van der Waals surface area contributed by atoms with Gasteiger partial charge in [0.25, 0.3) is 11.8 Å². The number of ether oxygens (including phenoxy) is 2. The van der Waals surface area contributed by atoms with Gasteiger partial charge in [0.15, 0.2) is 0 Å². The van der Waals surface area contributed by atoms with Crippen molar-refractivity contribution in [1.29, 1.82) is 0 Å². The number of alkyl carbamates (subject to hydrolysis) is 1. The Labute approximate surface area is 274 Å². The van der Waals surface area contributed by atoms with E-state index in [4.69, 9.17) is 9.47 Å². The molecule has 0 bridgehead atoms. The summed E-state index contributed by atoms with van der Waals surface area (Å²) >= 11 is 0. The number of nitrogens with zero attached hydrogens (tertiary/aromatic N) is 3. The molecule has 2 fully saturated rings. The van der Waals surface area contributed by atoms with Crippen molar-refractivity contribution in [2.75, 3.05) is 52.5 Å². The van der Waals surface area contributed by atoms with Gasteiger partial charge >= 0.3 is 12.1 Å². The molecule has 3 heterocycles. The van der Waals surface area contributed by atoms with Crippen LogP contribution in [0.4, 0.5) is 22.8 Å². The molecule has 1 saturated heterocycles. The molecular weight excluding hydrogens is 639 g/mol. The number of urea groups is 1. The van der Waals surface area contributed by atoms with Crippen molar-refractivity contribution in [3.8, 4) is 11.3 Å². The number of hydrogen-bond donors (Lipinski definition) is 5. The first-order valence-corrected chi connectivity index (χ1v) is 15.6. The van der Waals surface area contributed by atoms with E-state index in [1.54, 1.807) is 6.92 Å². The Morgan fingerprint density at radius 3 is 2.62 bits per heavy atom. The third-order valence-corrected chi connectivity index (χ3v) is 8.32. The number of alkyl halides is 1. The van der Waals surface area contributed by atoms with Crippen LogP contribution in [0, 0.1) is 17.6 Å². The number of halogens is 3. The molecule has 2 aromatic rings. The summed E-state index contributed by atoms with van der Waals surface area (Å²) in [6.45, 7) is 2.02. The first kappa shape index (κ1) is 34.8. The molecule has 4 atom stereocenters. The Morgan fingerprint density at radius 1 is 1.19 bits per heavy atom. The minimum Gasteiger partial charge on any atom is -0.447 e. The van der Waals surface area contributed by atoms with Gasteiger partial charge in [0.2, 0.25) is 0 Å². The van der Waals surface area contributed by atoms with Gasteiger partial charge in [-0.2, -0.15) is 0 Å². The predicted octanol–water partition coefficient (Wildman–Crippen LogP) is 1.55. The molecule has 0 radical (unpaired) electrons. The van der Waals surface area contributed by atoms with Crippen molar-refractivity contribution in [1.82, 2.24) is 35.7 Å². The topological polar surface area (TPSA) is 178 Å². The van der Waals surface area contributed by atoms with Crippen molar-refractivity contribution >= 4 is 23.9 Å². The molecule has 1 aliphatic carbocycles. The maximum absolute atomic E-state index is 14.8. The highest BCUT2D eigenvalue weighted by molar-refractivity contribution is 6.12. The fourth-order valence-corrected chi connectivity index (χ4v) is 5.57. The van der Waals surface area contributed by atoms with Crippen LogP contribution >= 0.6 is 0 Å². The summed E-state index contributed by atoms with van der Waals surface area (Å²) in [7, 11) is 0. The fourth-order valence-electron chi connectivity index (χ4n) is 5.57. The first-order chi connectivity index (χ1) is 22.9. The molecule has 3 aliphatic rings. The van der Waals surface area contributed by atoms with E-state index in [1.807, 2.05) is 0 Å². The molecule has 2 aliphatic heterocycles. The standard InChI is InChI=1S/C31H38F3N7O7/c1-18(17-48-30(45)36-8-10-47-11-9-40-25(42)4-5-26(40)43)38-29(44)41(16-19-13-35-14-23(19)34)27(31(46)6-7-31)28-37-15-24(39-28)21-12-20(32)2-3-22(21)33/h2-5,12,15,18-19,23,27,35,46H,6-11,13-14,16-17H2,1H3,(H,36,45)(H,37,39)(H,38,44). The van der Waals surface area contributed by atoms with Crippen LogP contribution in [0.3, 0.4) is 0 Å². The fraction of sp³-hybridized carbons (Fsp3) is 0.516. The number of carbonyl (C=O) groups is 4. The lowest BCUT2D eigenvalue weighted by molar-refractivity contribution is -0.137. The van der Waals surface area contributed by atoms with Gasteiger partial charge < -0.3 is 40.4 Å². The number of amides is 5. The number of aliphatic hydroxyl groups is 1. The second-order valence-corrected chi connectivity index (χ2v) is 12.0. The van der Waals surface area contributed by atoms with Gasteiger partial charge in [-0.05, 0) is 38.0 Å². The van der Waals surface area contributed by atoms with Crippen LogP contribution < -0.4 is 16.0 Å². The molecule has 5 amide bonds. The van der Waals surface area contributed by atoms with Crippen LogP contribution in [-0.2, 0) is 19.1 Å². The average Bonchev–Trinajstić information content (AvgIpc) is 3.32. The summed E-state index contributed by atoms with van der Waals surface area (Å²) in [6.07, 6.45) is 2.25. The van der Waals surface area contributed by atoms with E-state index in [-0.39, 0.29) is 63.1 Å². The Kier molecular flexibility index (Phi) is 11.0. The largest absolute Gasteiger partial charge is 0.447 e. The van der Waals surface area contributed by atoms with Crippen LogP contribution in [0.2, 0.25) is 0 Å². The van der Waals surface area contributed by atoms with Gasteiger partial charge in [-0.15, -0.1) is 0 Å². The molecule has 1 saturated carbocycles. The molecular formula is C31H38F3N7O7. The van der Waals surface area contributed by atoms with Crippen molar-refractivity contribution in [2.24, 2.45) is 5.92 Å². The molecule has 17 heteroatoms. The highest BCUT2D eigenvalue weighted by Gasteiger charge is 2.54. The Bertz CT molecular complexity index is 1520. The second kappa shape index (κ2) is 15.2. The molecule has 48 heavy (non-hydrogen) atoms. The van der Waals surface area contributed by atoms with Crippen molar-refractivity contribution in [2.45, 2.75) is 43.6 Å². The summed E-state index contributed by atoms with van der Waals surface area (Å²) in [6, 6.07) is 0.494. The maximum Gasteiger partial charge on any atom is 0.407 e. The van der Waals surface area contributed by atoms with E-state index in [9.17, 15) is 37.5 Å². The number of imidazole rings is 1. The van der Waals surface area contributed by atoms with Crippen molar-refractivity contribution in [3.63, 3.8) is 0 Å². The highest BCUT2D eigenvalue weighted by atomic mass is 19.1. The van der Waals surface area contributed by atoms with E-state index in [0.29, 0.717) is 19.4 Å². The Hall–Kier alpha value is -4.48. The van der Waals surface area contributed by atoms with Crippen LogP contribution in [0.5, 0.6) is 0 Å². The summed E-state index contributed by atoms with van der Waals surface area (Å²) in [5, 5.41) is 19.5. The van der Waals surface area contributed by atoms with E-state index >= 15 is 0 Å². The van der Waals surface area contributed by atoms with Gasteiger partial charge in [-0.1, -0.05) is 0 Å². The third kappa shape index (κ3) is 8.51. The van der Waals surface area contributed by atoms with Crippen LogP contribution in [0.25, 0.3) is 11.3 Å². The van der Waals surface area contributed by atoms with Crippen LogP contribution in [0.15, 0.2) is 36.5 Å². The van der Waals surface area contributed by atoms with E-state index < -0.39 is 65.3 Å². The Morgan fingerprint density at radius 2 is 1.94 bits per heavy atom. The zero-order valence-electron chi connectivity index (χ0n) is 26.2. The molecule has 260 valence electrons. The molecule has 1 aromatic carbocycles. The predicted molar refractivity (Wildman–Crippen MR) is 163 cm³/mol. The third-order valence-electron chi connectivity index (χ3n) is 8.32. The number of benzene rings is 1.